The molecule has 158 valence electrons. The summed E-state index contributed by atoms with van der Waals surface area (Å²) in [5, 5.41) is 0. The summed E-state index contributed by atoms with van der Waals surface area (Å²) in [7, 11) is 0. The Morgan fingerprint density at radius 1 is 1.00 bits per heavy atom. The second-order valence-corrected chi connectivity index (χ2v) is 8.57. The molecule has 6 heteroatoms. The summed E-state index contributed by atoms with van der Waals surface area (Å²) in [5.41, 5.74) is 1.85. The number of nitrogens with zero attached hydrogens (tertiary/aromatic N) is 2. The molecule has 30 heavy (non-hydrogen) atoms. The molecule has 2 aromatic rings. The molecule has 5 rings (SSSR count). The number of likely N-dealkylation sites (tertiary alicyclic amines) is 2. The first-order chi connectivity index (χ1) is 14.7. The van der Waals surface area contributed by atoms with E-state index in [1.807, 2.05) is 35.2 Å². The van der Waals surface area contributed by atoms with Gasteiger partial charge in [-0.2, -0.15) is 0 Å². The summed E-state index contributed by atoms with van der Waals surface area (Å²) < 4.78 is 24.1. The molecule has 2 fully saturated rings. The monoisotopic (exact) mass is 410 g/mol. The van der Waals surface area contributed by atoms with Gasteiger partial charge in [-0.25, -0.2) is 4.39 Å². The van der Waals surface area contributed by atoms with Gasteiger partial charge in [0.15, 0.2) is 11.5 Å². The number of fused-ring (bicyclic) bond motifs is 1. The average molecular weight is 410 g/mol. The first-order valence-electron chi connectivity index (χ1n) is 10.8. The third-order valence-electron chi connectivity index (χ3n) is 6.65. The fourth-order valence-corrected chi connectivity index (χ4v) is 4.98. The number of amides is 1. The van der Waals surface area contributed by atoms with Crippen LogP contribution in [0.4, 0.5) is 4.39 Å². The van der Waals surface area contributed by atoms with E-state index in [0.717, 1.165) is 52.0 Å². The summed E-state index contributed by atoms with van der Waals surface area (Å²) in [6, 6.07) is 12.5. The van der Waals surface area contributed by atoms with E-state index >= 15 is 0 Å². The average Bonchev–Trinajstić information content (AvgIpc) is 3.44. The van der Waals surface area contributed by atoms with Crippen LogP contribution in [0.5, 0.6) is 11.5 Å². The van der Waals surface area contributed by atoms with E-state index in [0.29, 0.717) is 28.9 Å². The minimum atomic E-state index is -0.170. The maximum absolute atomic E-state index is 13.2. The molecule has 0 aromatic heterocycles. The van der Waals surface area contributed by atoms with Crippen LogP contribution in [0, 0.1) is 11.7 Å². The Kier molecular flexibility index (Phi) is 5.34. The highest BCUT2D eigenvalue weighted by Gasteiger charge is 2.32. The van der Waals surface area contributed by atoms with Crippen LogP contribution in [0.15, 0.2) is 42.5 Å². The van der Waals surface area contributed by atoms with Crippen molar-refractivity contribution >= 4 is 5.91 Å². The number of carbonyl (C=O) groups is 1. The fraction of sp³-hybridized carbons (Fsp3) is 0.458. The van der Waals surface area contributed by atoms with Gasteiger partial charge in [0.25, 0.3) is 5.91 Å². The predicted octanol–water partition coefficient (Wildman–Crippen LogP) is 3.90. The van der Waals surface area contributed by atoms with E-state index in [1.165, 1.54) is 5.56 Å². The van der Waals surface area contributed by atoms with Crippen molar-refractivity contribution in [3.05, 3.63) is 59.4 Å². The Labute approximate surface area is 176 Å². The van der Waals surface area contributed by atoms with Gasteiger partial charge in [-0.05, 0) is 74.0 Å². The lowest BCUT2D eigenvalue weighted by Crippen LogP contribution is -2.37. The largest absolute Gasteiger partial charge is 0.454 e. The molecule has 0 saturated carbocycles. The van der Waals surface area contributed by atoms with E-state index in [4.69, 9.17) is 9.47 Å². The van der Waals surface area contributed by atoms with Crippen molar-refractivity contribution in [3.8, 4) is 11.5 Å². The van der Waals surface area contributed by atoms with Crippen molar-refractivity contribution in [1.29, 1.82) is 0 Å². The van der Waals surface area contributed by atoms with E-state index in [1.54, 1.807) is 12.1 Å². The molecule has 1 atom stereocenters. The lowest BCUT2D eigenvalue weighted by molar-refractivity contribution is 0.0777. The van der Waals surface area contributed by atoms with Crippen LogP contribution in [-0.2, 0) is 0 Å². The van der Waals surface area contributed by atoms with E-state index in [-0.39, 0.29) is 18.5 Å². The van der Waals surface area contributed by atoms with Gasteiger partial charge in [0, 0.05) is 19.6 Å². The molecule has 0 aliphatic carbocycles. The van der Waals surface area contributed by atoms with Gasteiger partial charge in [0.1, 0.15) is 5.82 Å². The van der Waals surface area contributed by atoms with Crippen LogP contribution >= 0.6 is 0 Å². The molecule has 3 aliphatic heterocycles. The summed E-state index contributed by atoms with van der Waals surface area (Å²) in [6.07, 6.45) is 3.25. The number of rotatable bonds is 4. The minimum Gasteiger partial charge on any atom is -0.454 e. The normalized spacial score (nSPS) is 21.9. The molecule has 3 heterocycles. The number of halogens is 1. The number of ether oxygens (including phenoxy) is 2. The van der Waals surface area contributed by atoms with Crippen molar-refractivity contribution in [1.82, 2.24) is 9.80 Å². The number of hydrogen-bond donors (Lipinski definition) is 0. The van der Waals surface area contributed by atoms with Crippen LogP contribution < -0.4 is 9.47 Å². The fourth-order valence-electron chi connectivity index (χ4n) is 4.98. The molecule has 2 aromatic carbocycles. The van der Waals surface area contributed by atoms with Crippen molar-refractivity contribution in [2.45, 2.75) is 25.2 Å². The van der Waals surface area contributed by atoms with Crippen molar-refractivity contribution in [3.63, 3.8) is 0 Å². The lowest BCUT2D eigenvalue weighted by atomic mass is 9.89. The Hall–Kier alpha value is -2.60. The number of hydrogen-bond acceptors (Lipinski definition) is 4. The molecule has 0 bridgehead atoms. The summed E-state index contributed by atoms with van der Waals surface area (Å²) in [4.78, 5) is 17.5. The van der Waals surface area contributed by atoms with Gasteiger partial charge in [0.05, 0.1) is 5.56 Å². The van der Waals surface area contributed by atoms with Gasteiger partial charge in [0.2, 0.25) is 6.79 Å². The molecule has 2 saturated heterocycles. The van der Waals surface area contributed by atoms with Crippen molar-refractivity contribution in [2.75, 3.05) is 39.5 Å². The Morgan fingerprint density at radius 3 is 2.60 bits per heavy atom. The van der Waals surface area contributed by atoms with Crippen molar-refractivity contribution < 1.29 is 18.7 Å². The zero-order valence-electron chi connectivity index (χ0n) is 17.1. The highest BCUT2D eigenvalue weighted by molar-refractivity contribution is 5.98. The Morgan fingerprint density at radius 2 is 1.80 bits per heavy atom. The summed E-state index contributed by atoms with van der Waals surface area (Å²) >= 11 is 0. The molecule has 0 radical (unpaired) electrons. The maximum atomic E-state index is 13.2. The molecule has 1 unspecified atom stereocenters. The number of carbonyl (C=O) groups excluding carboxylic acids is 1. The first-order valence-corrected chi connectivity index (χ1v) is 10.8. The highest BCUT2D eigenvalue weighted by Crippen LogP contribution is 2.36. The van der Waals surface area contributed by atoms with Gasteiger partial charge in [-0.1, -0.05) is 18.2 Å². The van der Waals surface area contributed by atoms with Crippen LogP contribution in [0.3, 0.4) is 0 Å². The molecular weight excluding hydrogens is 383 g/mol. The third kappa shape index (κ3) is 3.88. The zero-order chi connectivity index (χ0) is 20.5. The number of benzene rings is 2. The molecule has 3 aliphatic rings. The predicted molar refractivity (Wildman–Crippen MR) is 111 cm³/mol. The minimum absolute atomic E-state index is 0.0369. The van der Waals surface area contributed by atoms with E-state index in [9.17, 15) is 9.18 Å². The van der Waals surface area contributed by atoms with E-state index < -0.39 is 0 Å². The van der Waals surface area contributed by atoms with Gasteiger partial charge < -0.3 is 19.3 Å². The third-order valence-corrected chi connectivity index (χ3v) is 6.65. The van der Waals surface area contributed by atoms with Crippen LogP contribution in [0.1, 0.15) is 41.1 Å². The smallest absolute Gasteiger partial charge is 0.257 e. The zero-order valence-corrected chi connectivity index (χ0v) is 17.1. The summed E-state index contributed by atoms with van der Waals surface area (Å²) in [5.74, 6) is 2.12. The molecular formula is C24H27FN2O3. The Bertz CT molecular complexity index is 909. The second-order valence-electron chi connectivity index (χ2n) is 8.57. The topological polar surface area (TPSA) is 42.0 Å². The van der Waals surface area contributed by atoms with Crippen molar-refractivity contribution in [2.24, 2.45) is 5.92 Å². The SMILES string of the molecule is O=C(c1cccc2c1OCO2)N1CCC(CN2CCC(c3ccc(F)cc3)CC2)C1. The van der Waals surface area contributed by atoms with Crippen LogP contribution in [-0.4, -0.2) is 55.2 Å². The maximum Gasteiger partial charge on any atom is 0.257 e. The molecule has 5 nitrogen and oxygen atoms in total. The molecule has 0 N–H and O–H groups in total. The van der Waals surface area contributed by atoms with Crippen LogP contribution in [0.2, 0.25) is 0 Å². The van der Waals surface area contributed by atoms with Gasteiger partial charge in [-0.3, -0.25) is 4.79 Å². The summed E-state index contributed by atoms with van der Waals surface area (Å²) in [6.45, 7) is 4.91. The van der Waals surface area contributed by atoms with Gasteiger partial charge >= 0.3 is 0 Å². The van der Waals surface area contributed by atoms with E-state index in [2.05, 4.69) is 4.90 Å². The molecule has 0 spiro atoms. The second kappa shape index (κ2) is 8.26. The standard InChI is InChI=1S/C24H27FN2O3/c25-20-6-4-18(5-7-20)19-9-11-26(12-10-19)14-17-8-13-27(15-17)24(28)21-2-1-3-22-23(21)30-16-29-22/h1-7,17,19H,8-16H2. The van der Waals surface area contributed by atoms with Gasteiger partial charge in [-0.15, -0.1) is 0 Å². The lowest BCUT2D eigenvalue weighted by Gasteiger charge is -2.33. The number of para-hydroxylation sites is 1. The number of piperidine rings is 1. The first kappa shape index (κ1) is 19.4. The quantitative estimate of drug-likeness (QED) is 0.767. The highest BCUT2D eigenvalue weighted by atomic mass is 19.1. The Balaban J connectivity index is 1.14. The van der Waals surface area contributed by atoms with Crippen LogP contribution in [0.25, 0.3) is 0 Å². The molecule has 1 amide bonds.